The lowest BCUT2D eigenvalue weighted by Gasteiger charge is -2.00. The molecule has 118 valence electrons. The molecule has 0 fully saturated rings. The third-order valence-electron chi connectivity index (χ3n) is 4.09. The number of thiophene rings is 1. The Bertz CT molecular complexity index is 1050. The van der Waals surface area contributed by atoms with Gasteiger partial charge in [-0.25, -0.2) is 4.98 Å². The Balaban J connectivity index is 1.81. The van der Waals surface area contributed by atoms with Crippen molar-refractivity contribution in [2.24, 2.45) is 0 Å². The Morgan fingerprint density at radius 2 is 2.08 bits per heavy atom. The summed E-state index contributed by atoms with van der Waals surface area (Å²) >= 11 is 3.43. The molecule has 3 aromatic heterocycles. The summed E-state index contributed by atoms with van der Waals surface area (Å²) in [6, 6.07) is 12.7. The van der Waals surface area contributed by atoms with Crippen molar-refractivity contribution in [3.05, 3.63) is 52.9 Å². The van der Waals surface area contributed by atoms with Gasteiger partial charge in [-0.15, -0.1) is 22.7 Å². The smallest absolute Gasteiger partial charge is 0.134 e. The van der Waals surface area contributed by atoms with Crippen LogP contribution in [0.1, 0.15) is 12.0 Å². The highest BCUT2D eigenvalue weighted by Crippen LogP contribution is 2.36. The van der Waals surface area contributed by atoms with Gasteiger partial charge in [0.2, 0.25) is 0 Å². The van der Waals surface area contributed by atoms with E-state index < -0.39 is 0 Å². The summed E-state index contributed by atoms with van der Waals surface area (Å²) in [6.45, 7) is 2.83. The first-order valence-corrected chi connectivity index (χ1v) is 9.49. The van der Waals surface area contributed by atoms with Crippen molar-refractivity contribution in [1.82, 2.24) is 9.55 Å². The molecule has 0 aliphatic carbocycles. The molecule has 1 aromatic carbocycles. The van der Waals surface area contributed by atoms with Gasteiger partial charge in [-0.1, -0.05) is 18.2 Å². The van der Waals surface area contributed by atoms with Crippen LogP contribution in [0.3, 0.4) is 0 Å². The fraction of sp³-hybridized carbons (Fsp3) is 0.158. The van der Waals surface area contributed by atoms with Gasteiger partial charge in [0.05, 0.1) is 23.1 Å². The molecule has 0 atom stereocenters. The van der Waals surface area contributed by atoms with Crippen molar-refractivity contribution in [2.75, 3.05) is 0 Å². The van der Waals surface area contributed by atoms with Crippen molar-refractivity contribution in [3.63, 3.8) is 0 Å². The van der Waals surface area contributed by atoms with E-state index in [9.17, 15) is 0 Å². The maximum Gasteiger partial charge on any atom is 0.134 e. The number of hydrogen-bond donors (Lipinski definition) is 0. The second-order valence-corrected chi connectivity index (χ2v) is 7.41. The van der Waals surface area contributed by atoms with E-state index in [4.69, 9.17) is 10.2 Å². The fourth-order valence-corrected chi connectivity index (χ4v) is 4.82. The zero-order valence-electron chi connectivity index (χ0n) is 13.2. The quantitative estimate of drug-likeness (QED) is 0.473. The normalized spacial score (nSPS) is 11.0. The number of benzene rings is 1. The largest absolute Gasteiger partial charge is 0.346 e. The van der Waals surface area contributed by atoms with Gasteiger partial charge >= 0.3 is 0 Å². The topological polar surface area (TPSA) is 41.6 Å². The van der Waals surface area contributed by atoms with Crippen molar-refractivity contribution >= 4 is 33.6 Å². The van der Waals surface area contributed by atoms with Crippen molar-refractivity contribution < 1.29 is 0 Å². The van der Waals surface area contributed by atoms with Crippen LogP contribution < -0.4 is 0 Å². The Kier molecular flexibility index (Phi) is 3.93. The maximum absolute atomic E-state index is 8.89. The molecule has 0 saturated carbocycles. The van der Waals surface area contributed by atoms with Gasteiger partial charge in [0.15, 0.2) is 0 Å². The van der Waals surface area contributed by atoms with Gasteiger partial charge in [-0.05, 0) is 30.0 Å². The molecule has 0 spiro atoms. The molecule has 0 bridgehead atoms. The molecule has 0 aliphatic heterocycles. The molecular formula is C19H15N3S2. The number of fused-ring (bicyclic) bond motifs is 1. The molecule has 4 rings (SSSR count). The van der Waals surface area contributed by atoms with Gasteiger partial charge < -0.3 is 4.57 Å². The van der Waals surface area contributed by atoms with Gasteiger partial charge in [-0.3, -0.25) is 0 Å². The summed E-state index contributed by atoms with van der Waals surface area (Å²) in [4.78, 5) is 6.13. The minimum atomic E-state index is 0.509. The molecule has 24 heavy (non-hydrogen) atoms. The van der Waals surface area contributed by atoms with Crippen LogP contribution in [0.5, 0.6) is 0 Å². The number of aromatic nitrogens is 2. The molecule has 0 N–H and O–H groups in total. The number of rotatable bonds is 4. The second kappa shape index (κ2) is 6.23. The van der Waals surface area contributed by atoms with Crippen LogP contribution in [0, 0.1) is 18.3 Å². The number of aryl methyl sites for hydroxylation is 2. The van der Waals surface area contributed by atoms with E-state index in [-0.39, 0.29) is 0 Å². The van der Waals surface area contributed by atoms with Crippen LogP contribution in [-0.4, -0.2) is 9.55 Å². The van der Waals surface area contributed by atoms with E-state index in [0.29, 0.717) is 13.0 Å². The molecule has 0 unspecified atom stereocenters. The maximum atomic E-state index is 8.89. The third-order valence-corrected chi connectivity index (χ3v) is 6.10. The molecular weight excluding hydrogens is 334 g/mol. The number of hydrogen-bond acceptors (Lipinski definition) is 4. The summed E-state index contributed by atoms with van der Waals surface area (Å²) in [5, 5.41) is 15.4. The lowest BCUT2D eigenvalue weighted by molar-refractivity contribution is 0.745. The van der Waals surface area contributed by atoms with Crippen molar-refractivity contribution in [3.8, 4) is 27.2 Å². The Labute approximate surface area is 148 Å². The van der Waals surface area contributed by atoms with E-state index >= 15 is 0 Å². The van der Waals surface area contributed by atoms with Gasteiger partial charge in [0, 0.05) is 34.6 Å². The predicted octanol–water partition coefficient (Wildman–Crippen LogP) is 5.72. The van der Waals surface area contributed by atoms with Crippen molar-refractivity contribution in [2.45, 2.75) is 19.9 Å². The highest BCUT2D eigenvalue weighted by atomic mass is 32.1. The summed E-state index contributed by atoms with van der Waals surface area (Å²) in [6.07, 6.45) is 2.64. The van der Waals surface area contributed by atoms with Crippen LogP contribution in [0.15, 0.2) is 47.3 Å². The molecule has 0 aliphatic rings. The minimum Gasteiger partial charge on any atom is -0.346 e. The SMILES string of the molecule is Cc1ccsc1-c1nc(-c2cn(CCC#N)c3ccccc23)cs1. The van der Waals surface area contributed by atoms with Gasteiger partial charge in [0.25, 0.3) is 0 Å². The summed E-state index contributed by atoms with van der Waals surface area (Å²) in [7, 11) is 0. The molecule has 3 heterocycles. The number of para-hydroxylation sites is 1. The highest BCUT2D eigenvalue weighted by molar-refractivity contribution is 7.20. The molecule has 0 saturated heterocycles. The molecule has 3 nitrogen and oxygen atoms in total. The number of nitriles is 1. The zero-order valence-corrected chi connectivity index (χ0v) is 14.8. The predicted molar refractivity (Wildman–Crippen MR) is 101 cm³/mol. The van der Waals surface area contributed by atoms with Gasteiger partial charge in [-0.2, -0.15) is 5.26 Å². The minimum absolute atomic E-state index is 0.509. The average Bonchev–Trinajstić information content (AvgIpc) is 3.30. The summed E-state index contributed by atoms with van der Waals surface area (Å²) < 4.78 is 2.16. The molecule has 0 radical (unpaired) electrons. The first-order valence-electron chi connectivity index (χ1n) is 7.73. The van der Waals surface area contributed by atoms with E-state index in [1.54, 1.807) is 22.7 Å². The lowest BCUT2D eigenvalue weighted by Crippen LogP contribution is -1.94. The molecule has 0 amide bonds. The van der Waals surface area contributed by atoms with Gasteiger partial charge in [0.1, 0.15) is 5.01 Å². The summed E-state index contributed by atoms with van der Waals surface area (Å²) in [5.74, 6) is 0. The Morgan fingerprint density at radius 1 is 1.21 bits per heavy atom. The van der Waals surface area contributed by atoms with Crippen LogP contribution >= 0.6 is 22.7 Å². The molecule has 5 heteroatoms. The third kappa shape index (κ3) is 2.54. The standard InChI is InChI=1S/C19H15N3S2/c1-13-7-10-23-18(13)19-21-16(12-24-19)15-11-22(9-4-8-20)17-6-3-2-5-14(15)17/h2-3,5-7,10-12H,4,9H2,1H3. The van der Waals surface area contributed by atoms with Crippen LogP contribution in [0.4, 0.5) is 0 Å². The molecule has 4 aromatic rings. The number of nitrogens with zero attached hydrogens (tertiary/aromatic N) is 3. The van der Waals surface area contributed by atoms with E-state index in [1.807, 2.05) is 6.07 Å². The highest BCUT2D eigenvalue weighted by Gasteiger charge is 2.14. The van der Waals surface area contributed by atoms with E-state index in [1.165, 1.54) is 15.8 Å². The van der Waals surface area contributed by atoms with E-state index in [0.717, 1.165) is 21.8 Å². The monoisotopic (exact) mass is 349 g/mol. The first-order chi connectivity index (χ1) is 11.8. The Hall–Kier alpha value is -2.42. The summed E-state index contributed by atoms with van der Waals surface area (Å²) in [5.41, 5.74) is 4.58. The van der Waals surface area contributed by atoms with Crippen LogP contribution in [0.2, 0.25) is 0 Å². The van der Waals surface area contributed by atoms with Crippen LogP contribution in [0.25, 0.3) is 32.0 Å². The van der Waals surface area contributed by atoms with E-state index in [2.05, 4.69) is 58.8 Å². The fourth-order valence-electron chi connectivity index (χ4n) is 2.90. The lowest BCUT2D eigenvalue weighted by atomic mass is 10.1. The number of thiazole rings is 1. The van der Waals surface area contributed by atoms with Crippen molar-refractivity contribution in [1.29, 1.82) is 5.26 Å². The second-order valence-electron chi connectivity index (χ2n) is 5.63. The first kappa shape index (κ1) is 15.1. The average molecular weight is 349 g/mol. The zero-order chi connectivity index (χ0) is 16.5. The van der Waals surface area contributed by atoms with Crippen LogP contribution in [-0.2, 0) is 6.54 Å². The Morgan fingerprint density at radius 3 is 2.88 bits per heavy atom.